The highest BCUT2D eigenvalue weighted by atomic mass is 32.2. The van der Waals surface area contributed by atoms with Crippen molar-refractivity contribution < 1.29 is 26.7 Å². The number of rotatable bonds is 9. The average molecular weight is 433 g/mol. The van der Waals surface area contributed by atoms with Gasteiger partial charge in [-0.2, -0.15) is 8.99 Å². The molecule has 0 spiro atoms. The van der Waals surface area contributed by atoms with E-state index in [2.05, 4.69) is 5.10 Å². The van der Waals surface area contributed by atoms with Gasteiger partial charge in [0.15, 0.2) is 0 Å². The number of hydrogen-bond acceptors (Lipinski definition) is 6. The largest absolute Gasteiger partial charge is 0.437 e. The molecule has 0 aliphatic carbocycles. The van der Waals surface area contributed by atoms with Crippen LogP contribution in [0.1, 0.15) is 50.1 Å². The van der Waals surface area contributed by atoms with E-state index in [0.29, 0.717) is 6.42 Å². The number of benzene rings is 1. The molecule has 0 bridgehead atoms. The summed E-state index contributed by atoms with van der Waals surface area (Å²) >= 11 is 0. The molecule has 0 aliphatic rings. The van der Waals surface area contributed by atoms with Crippen LogP contribution in [0, 0.1) is 11.6 Å². The van der Waals surface area contributed by atoms with E-state index in [0.717, 1.165) is 27.4 Å². The first kappa shape index (κ1) is 23.2. The summed E-state index contributed by atoms with van der Waals surface area (Å²) in [4.78, 5) is 11.7. The van der Waals surface area contributed by atoms with Gasteiger partial charge in [-0.25, -0.2) is 22.0 Å². The molecular formula is C18H25F2N3O5S. The Morgan fingerprint density at radius 1 is 1.28 bits per heavy atom. The third-order valence-corrected chi connectivity index (χ3v) is 6.11. The summed E-state index contributed by atoms with van der Waals surface area (Å²) in [6.45, 7) is 4.27. The van der Waals surface area contributed by atoms with E-state index < -0.39 is 33.3 Å². The predicted molar refractivity (Wildman–Crippen MR) is 102 cm³/mol. The number of sulfonamides is 1. The second-order valence-electron chi connectivity index (χ2n) is 6.91. The molecule has 29 heavy (non-hydrogen) atoms. The average Bonchev–Trinajstić information content (AvgIpc) is 3.00. The first-order valence-electron chi connectivity index (χ1n) is 9.12. The van der Waals surface area contributed by atoms with Gasteiger partial charge in [0.2, 0.25) is 15.9 Å². The molecule has 1 aromatic heterocycles. The van der Waals surface area contributed by atoms with E-state index >= 15 is 0 Å². The van der Waals surface area contributed by atoms with Gasteiger partial charge in [0, 0.05) is 23.7 Å². The van der Waals surface area contributed by atoms with Gasteiger partial charge >= 0.3 is 5.76 Å². The molecule has 0 aliphatic heterocycles. The standard InChI is InChI=1S/C18H25F2N3O5S/c1-5-11(2)23(29(4,26)27)10-13-8-16(20)14(9-15(13)19)12(3)17-21-22(6-7-24)18(25)28-17/h8-9,11-12,24H,5-7,10H2,1-4H3/t11-,12?/m0/s1. The molecule has 0 saturated heterocycles. The summed E-state index contributed by atoms with van der Waals surface area (Å²) in [5.41, 5.74) is -0.186. The van der Waals surface area contributed by atoms with E-state index in [4.69, 9.17) is 9.52 Å². The van der Waals surface area contributed by atoms with Crippen molar-refractivity contribution in [1.82, 2.24) is 14.1 Å². The van der Waals surface area contributed by atoms with Gasteiger partial charge in [0.05, 0.1) is 25.3 Å². The number of halogens is 2. The lowest BCUT2D eigenvalue weighted by Gasteiger charge is -2.26. The lowest BCUT2D eigenvalue weighted by molar-refractivity contribution is 0.264. The van der Waals surface area contributed by atoms with Crippen LogP contribution in [0.5, 0.6) is 0 Å². The van der Waals surface area contributed by atoms with Crippen LogP contribution in [0.15, 0.2) is 21.3 Å². The Labute approximate surface area is 167 Å². The van der Waals surface area contributed by atoms with Crippen molar-refractivity contribution in [2.24, 2.45) is 0 Å². The zero-order valence-electron chi connectivity index (χ0n) is 16.7. The third-order valence-electron chi connectivity index (χ3n) is 4.77. The smallest absolute Gasteiger partial charge is 0.394 e. The Morgan fingerprint density at radius 2 is 1.93 bits per heavy atom. The lowest BCUT2D eigenvalue weighted by atomic mass is 9.98. The zero-order chi connectivity index (χ0) is 21.9. The number of aromatic nitrogens is 2. The van der Waals surface area contributed by atoms with E-state index in [1.54, 1.807) is 13.8 Å². The number of hydrogen-bond donors (Lipinski definition) is 1. The van der Waals surface area contributed by atoms with Gasteiger partial charge in [-0.1, -0.05) is 6.92 Å². The first-order valence-corrected chi connectivity index (χ1v) is 11.0. The molecule has 2 atom stereocenters. The van der Waals surface area contributed by atoms with Gasteiger partial charge in [-0.05, 0) is 32.4 Å². The molecule has 0 saturated carbocycles. The zero-order valence-corrected chi connectivity index (χ0v) is 17.5. The van der Waals surface area contributed by atoms with Crippen LogP contribution in [0.25, 0.3) is 0 Å². The molecule has 0 amide bonds. The second kappa shape index (κ2) is 9.14. The number of aliphatic hydroxyl groups excluding tert-OH is 1. The minimum Gasteiger partial charge on any atom is -0.394 e. The van der Waals surface area contributed by atoms with Crippen LogP contribution >= 0.6 is 0 Å². The van der Waals surface area contributed by atoms with Crippen molar-refractivity contribution in [3.8, 4) is 0 Å². The molecular weight excluding hydrogens is 408 g/mol. The summed E-state index contributed by atoms with van der Waals surface area (Å²) in [5.74, 6) is -3.34. The quantitative estimate of drug-likeness (QED) is 0.647. The van der Waals surface area contributed by atoms with E-state index in [9.17, 15) is 22.0 Å². The SMILES string of the molecule is CC[C@H](C)N(Cc1cc(F)c(C(C)c2nn(CCO)c(=O)o2)cc1F)S(C)(=O)=O. The Balaban J connectivity index is 2.38. The molecule has 1 unspecified atom stereocenters. The van der Waals surface area contributed by atoms with E-state index in [1.165, 1.54) is 6.92 Å². The fourth-order valence-corrected chi connectivity index (χ4v) is 4.07. The summed E-state index contributed by atoms with van der Waals surface area (Å²) in [6, 6.07) is 1.53. The highest BCUT2D eigenvalue weighted by Crippen LogP contribution is 2.28. The van der Waals surface area contributed by atoms with Crippen molar-refractivity contribution in [1.29, 1.82) is 0 Å². The van der Waals surface area contributed by atoms with Crippen LogP contribution in [0.4, 0.5) is 8.78 Å². The summed E-state index contributed by atoms with van der Waals surface area (Å²) in [5, 5.41) is 12.8. The maximum Gasteiger partial charge on any atom is 0.437 e. The van der Waals surface area contributed by atoms with Crippen LogP contribution in [-0.4, -0.2) is 46.5 Å². The number of aliphatic hydroxyl groups is 1. The Kier molecular flexibility index (Phi) is 7.30. The summed E-state index contributed by atoms with van der Waals surface area (Å²) in [6.07, 6.45) is 1.54. The normalized spacial score (nSPS) is 14.3. The Hall–Kier alpha value is -2.11. The fraction of sp³-hybridized carbons (Fsp3) is 0.556. The summed E-state index contributed by atoms with van der Waals surface area (Å²) < 4.78 is 60.4. The molecule has 1 aromatic carbocycles. The van der Waals surface area contributed by atoms with Gasteiger partial charge in [0.1, 0.15) is 11.6 Å². The van der Waals surface area contributed by atoms with Gasteiger partial charge < -0.3 is 9.52 Å². The molecule has 8 nitrogen and oxygen atoms in total. The summed E-state index contributed by atoms with van der Waals surface area (Å²) in [7, 11) is -3.62. The monoisotopic (exact) mass is 433 g/mol. The van der Waals surface area contributed by atoms with Crippen molar-refractivity contribution in [2.75, 3.05) is 12.9 Å². The molecule has 2 aromatic rings. The van der Waals surface area contributed by atoms with E-state index in [1.807, 2.05) is 0 Å². The van der Waals surface area contributed by atoms with Crippen molar-refractivity contribution in [2.45, 2.75) is 52.2 Å². The van der Waals surface area contributed by atoms with Crippen LogP contribution < -0.4 is 5.76 Å². The van der Waals surface area contributed by atoms with Crippen LogP contribution in [0.3, 0.4) is 0 Å². The van der Waals surface area contributed by atoms with E-state index in [-0.39, 0.29) is 42.8 Å². The molecule has 0 radical (unpaired) electrons. The number of nitrogens with zero attached hydrogens (tertiary/aromatic N) is 3. The van der Waals surface area contributed by atoms with Crippen molar-refractivity contribution in [3.63, 3.8) is 0 Å². The maximum atomic E-state index is 14.7. The van der Waals surface area contributed by atoms with Gasteiger partial charge in [0.25, 0.3) is 0 Å². The first-order chi connectivity index (χ1) is 13.5. The third kappa shape index (κ3) is 5.28. The highest BCUT2D eigenvalue weighted by molar-refractivity contribution is 7.88. The molecule has 1 heterocycles. The minimum absolute atomic E-state index is 0.0816. The Morgan fingerprint density at radius 3 is 2.48 bits per heavy atom. The van der Waals surface area contributed by atoms with Crippen molar-refractivity contribution in [3.05, 3.63) is 51.3 Å². The maximum absolute atomic E-state index is 14.7. The molecule has 11 heteroatoms. The Bertz CT molecular complexity index is 1020. The molecule has 162 valence electrons. The minimum atomic E-state index is -3.62. The molecule has 2 rings (SSSR count). The molecule has 0 fully saturated rings. The fourth-order valence-electron chi connectivity index (χ4n) is 2.89. The topological polar surface area (TPSA) is 106 Å². The van der Waals surface area contributed by atoms with Gasteiger partial charge in [-0.15, -0.1) is 5.10 Å². The second-order valence-corrected chi connectivity index (χ2v) is 8.84. The predicted octanol–water partition coefficient (Wildman–Crippen LogP) is 1.82. The molecule has 1 N–H and O–H groups in total. The lowest BCUT2D eigenvalue weighted by Crippen LogP contribution is -2.37. The van der Waals surface area contributed by atoms with Gasteiger partial charge in [-0.3, -0.25) is 0 Å². The van der Waals surface area contributed by atoms with Crippen molar-refractivity contribution >= 4 is 10.0 Å². The van der Waals surface area contributed by atoms with Crippen LogP contribution in [0.2, 0.25) is 0 Å². The van der Waals surface area contributed by atoms with Crippen LogP contribution in [-0.2, 0) is 23.1 Å². The highest BCUT2D eigenvalue weighted by Gasteiger charge is 2.26.